The molecular weight excluding hydrogens is 492 g/mol. The Morgan fingerprint density at radius 2 is 1.82 bits per heavy atom. The van der Waals surface area contributed by atoms with E-state index in [0.29, 0.717) is 41.5 Å². The summed E-state index contributed by atoms with van der Waals surface area (Å²) in [6.07, 6.45) is 5.06. The number of piperidine rings is 1. The molecule has 0 radical (unpaired) electrons. The van der Waals surface area contributed by atoms with E-state index in [2.05, 4.69) is 27.3 Å². The number of nitrogens with one attached hydrogen (secondary N) is 1. The van der Waals surface area contributed by atoms with Crippen LogP contribution in [-0.4, -0.2) is 71.1 Å². The molecule has 39 heavy (non-hydrogen) atoms. The molecule has 9 nitrogen and oxygen atoms in total. The van der Waals surface area contributed by atoms with E-state index in [0.717, 1.165) is 42.4 Å². The number of ether oxygens (including phenoxy) is 1. The molecule has 1 aromatic heterocycles. The maximum Gasteiger partial charge on any atom is 0.335 e. The number of hydrogen-bond acceptors (Lipinski definition) is 6. The average Bonchev–Trinajstić information content (AvgIpc) is 3.40. The van der Waals surface area contributed by atoms with Crippen molar-refractivity contribution >= 4 is 11.8 Å². The summed E-state index contributed by atoms with van der Waals surface area (Å²) in [6, 6.07) is 12.0. The van der Waals surface area contributed by atoms with Gasteiger partial charge >= 0.3 is 6.01 Å². The SMILES string of the molecule is COc1n[nH]c(-c2cc(C(=O)N3CCC(c4ccc(C#N)c(C(=O)N(C)C)c4)CC3)c(C)cc2C2CCC2)n1. The molecule has 1 N–H and O–H groups in total. The average molecular weight is 527 g/mol. The van der Waals surface area contributed by atoms with Gasteiger partial charge in [-0.3, -0.25) is 14.7 Å². The van der Waals surface area contributed by atoms with Gasteiger partial charge in [0.05, 0.1) is 24.3 Å². The van der Waals surface area contributed by atoms with E-state index in [1.54, 1.807) is 20.2 Å². The van der Waals surface area contributed by atoms with Gasteiger partial charge in [-0.2, -0.15) is 10.2 Å². The maximum absolute atomic E-state index is 13.7. The normalized spacial score (nSPS) is 15.9. The monoisotopic (exact) mass is 526 g/mol. The summed E-state index contributed by atoms with van der Waals surface area (Å²) in [5, 5.41) is 16.6. The molecule has 0 atom stereocenters. The lowest BCUT2D eigenvalue weighted by Crippen LogP contribution is -2.38. The third-order valence-corrected chi connectivity index (χ3v) is 8.13. The van der Waals surface area contributed by atoms with Crippen molar-refractivity contribution in [3.8, 4) is 23.5 Å². The number of nitriles is 1. The minimum Gasteiger partial charge on any atom is -0.466 e. The number of aromatic nitrogens is 3. The first-order chi connectivity index (χ1) is 18.8. The first-order valence-electron chi connectivity index (χ1n) is 13.5. The molecule has 2 heterocycles. The number of rotatable bonds is 6. The molecule has 1 aliphatic heterocycles. The molecule has 3 aromatic rings. The predicted octanol–water partition coefficient (Wildman–Crippen LogP) is 4.65. The van der Waals surface area contributed by atoms with Crippen molar-refractivity contribution < 1.29 is 14.3 Å². The number of carbonyl (C=O) groups excluding carboxylic acids is 2. The van der Waals surface area contributed by atoms with E-state index in [1.807, 2.05) is 30.0 Å². The molecule has 2 aliphatic rings. The van der Waals surface area contributed by atoms with Crippen molar-refractivity contribution in [2.45, 2.75) is 50.9 Å². The van der Waals surface area contributed by atoms with E-state index in [9.17, 15) is 14.9 Å². The number of hydrogen-bond donors (Lipinski definition) is 1. The zero-order valence-corrected chi connectivity index (χ0v) is 23.0. The molecule has 0 spiro atoms. The highest BCUT2D eigenvalue weighted by atomic mass is 16.5. The molecular formula is C30H34N6O3. The van der Waals surface area contributed by atoms with Gasteiger partial charge in [0.1, 0.15) is 0 Å². The van der Waals surface area contributed by atoms with Crippen LogP contribution in [0.2, 0.25) is 0 Å². The lowest BCUT2D eigenvalue weighted by Gasteiger charge is -2.33. The van der Waals surface area contributed by atoms with E-state index >= 15 is 0 Å². The second kappa shape index (κ2) is 10.9. The molecule has 1 aliphatic carbocycles. The van der Waals surface area contributed by atoms with Crippen molar-refractivity contribution in [1.82, 2.24) is 25.0 Å². The number of H-pyrrole nitrogens is 1. The van der Waals surface area contributed by atoms with Gasteiger partial charge in [-0.1, -0.05) is 18.6 Å². The van der Waals surface area contributed by atoms with Gasteiger partial charge in [-0.25, -0.2) is 0 Å². The summed E-state index contributed by atoms with van der Waals surface area (Å²) in [5.41, 5.74) is 5.61. The minimum absolute atomic E-state index is 0.0159. The fourth-order valence-corrected chi connectivity index (χ4v) is 5.60. The molecule has 1 saturated carbocycles. The second-order valence-corrected chi connectivity index (χ2v) is 10.7. The number of nitrogens with zero attached hydrogens (tertiary/aromatic N) is 5. The van der Waals surface area contributed by atoms with Crippen molar-refractivity contribution in [1.29, 1.82) is 5.26 Å². The summed E-state index contributed by atoms with van der Waals surface area (Å²) >= 11 is 0. The van der Waals surface area contributed by atoms with E-state index in [1.165, 1.54) is 24.0 Å². The fourth-order valence-electron chi connectivity index (χ4n) is 5.60. The molecule has 0 unspecified atom stereocenters. The first-order valence-corrected chi connectivity index (χ1v) is 13.5. The second-order valence-electron chi connectivity index (χ2n) is 10.7. The van der Waals surface area contributed by atoms with Crippen LogP contribution in [0.15, 0.2) is 30.3 Å². The van der Waals surface area contributed by atoms with Crippen LogP contribution in [-0.2, 0) is 0 Å². The number of carbonyl (C=O) groups is 2. The van der Waals surface area contributed by atoms with Crippen LogP contribution in [0.5, 0.6) is 6.01 Å². The summed E-state index contributed by atoms with van der Waals surface area (Å²) < 4.78 is 5.18. The van der Waals surface area contributed by atoms with Crippen molar-refractivity contribution in [2.75, 3.05) is 34.3 Å². The Morgan fingerprint density at radius 3 is 2.41 bits per heavy atom. The van der Waals surface area contributed by atoms with Crippen LogP contribution in [0.3, 0.4) is 0 Å². The Morgan fingerprint density at radius 1 is 1.08 bits per heavy atom. The molecule has 0 bridgehead atoms. The standard InChI is InChI=1S/C30H34N6O3/c1-18-14-24(20-6-5-7-20)26(27-32-30(39-4)34-33-27)16-23(18)29(38)36-12-10-19(11-13-36)21-8-9-22(17-31)25(15-21)28(37)35(2)3/h8-9,14-16,19-20H,5-7,10-13H2,1-4H3,(H,32,33,34). The molecule has 2 amide bonds. The molecule has 2 aromatic carbocycles. The maximum atomic E-state index is 13.7. The number of likely N-dealkylation sites (tertiary alicyclic amines) is 1. The Labute approximate surface area is 228 Å². The highest BCUT2D eigenvalue weighted by Gasteiger charge is 2.30. The largest absolute Gasteiger partial charge is 0.466 e. The first kappa shape index (κ1) is 26.4. The highest BCUT2D eigenvalue weighted by molar-refractivity contribution is 5.97. The Kier molecular flexibility index (Phi) is 7.38. The van der Waals surface area contributed by atoms with Gasteiger partial charge in [0.15, 0.2) is 5.82 Å². The van der Waals surface area contributed by atoms with Crippen LogP contribution in [0.25, 0.3) is 11.4 Å². The summed E-state index contributed by atoms with van der Waals surface area (Å²) in [5.74, 6) is 1.13. The van der Waals surface area contributed by atoms with E-state index < -0.39 is 0 Å². The van der Waals surface area contributed by atoms with Gasteiger partial charge in [0, 0.05) is 38.3 Å². The number of aromatic amines is 1. The smallest absolute Gasteiger partial charge is 0.335 e. The molecule has 9 heteroatoms. The van der Waals surface area contributed by atoms with Gasteiger partial charge in [-0.05, 0) is 79.3 Å². The van der Waals surface area contributed by atoms with Gasteiger partial charge in [0.2, 0.25) is 0 Å². The van der Waals surface area contributed by atoms with Crippen LogP contribution in [0, 0.1) is 18.3 Å². The molecule has 1 saturated heterocycles. The van der Waals surface area contributed by atoms with Crippen molar-refractivity contribution in [3.63, 3.8) is 0 Å². The fraction of sp³-hybridized carbons (Fsp3) is 0.433. The summed E-state index contributed by atoms with van der Waals surface area (Å²) in [6.45, 7) is 3.25. The Hall–Kier alpha value is -4.19. The molecule has 5 rings (SSSR count). The minimum atomic E-state index is -0.179. The zero-order chi connectivity index (χ0) is 27.7. The van der Waals surface area contributed by atoms with Crippen molar-refractivity contribution in [2.24, 2.45) is 0 Å². The molecule has 202 valence electrons. The van der Waals surface area contributed by atoms with Crippen LogP contribution >= 0.6 is 0 Å². The van der Waals surface area contributed by atoms with Crippen molar-refractivity contribution in [3.05, 3.63) is 63.7 Å². The lowest BCUT2D eigenvalue weighted by atomic mass is 9.77. The number of benzene rings is 2. The Bertz CT molecular complexity index is 1440. The highest BCUT2D eigenvalue weighted by Crippen LogP contribution is 2.42. The number of methoxy groups -OCH3 is 1. The van der Waals surface area contributed by atoms with E-state index in [-0.39, 0.29) is 23.7 Å². The van der Waals surface area contributed by atoms with Gasteiger partial charge < -0.3 is 14.5 Å². The predicted molar refractivity (Wildman–Crippen MR) is 147 cm³/mol. The zero-order valence-electron chi connectivity index (χ0n) is 23.0. The van der Waals surface area contributed by atoms with Gasteiger partial charge in [-0.15, -0.1) is 5.10 Å². The quantitative estimate of drug-likeness (QED) is 0.500. The summed E-state index contributed by atoms with van der Waals surface area (Å²) in [7, 11) is 4.91. The third-order valence-electron chi connectivity index (χ3n) is 8.13. The van der Waals surface area contributed by atoms with Crippen LogP contribution in [0.1, 0.15) is 86.9 Å². The van der Waals surface area contributed by atoms with Crippen LogP contribution < -0.4 is 4.74 Å². The third kappa shape index (κ3) is 5.11. The lowest BCUT2D eigenvalue weighted by molar-refractivity contribution is 0.0712. The molecule has 2 fully saturated rings. The Balaban J connectivity index is 1.36. The number of amides is 2. The van der Waals surface area contributed by atoms with E-state index in [4.69, 9.17) is 4.74 Å². The number of aryl methyl sites for hydroxylation is 1. The van der Waals surface area contributed by atoms with Gasteiger partial charge in [0.25, 0.3) is 11.8 Å². The van der Waals surface area contributed by atoms with Crippen LogP contribution in [0.4, 0.5) is 0 Å². The topological polar surface area (TPSA) is 115 Å². The summed E-state index contributed by atoms with van der Waals surface area (Å²) in [4.78, 5) is 34.3.